The summed E-state index contributed by atoms with van der Waals surface area (Å²) >= 11 is 0. The Balaban J connectivity index is 1.84. The third-order valence-corrected chi connectivity index (χ3v) is 3.82. The lowest BCUT2D eigenvalue weighted by atomic mass is 9.95. The summed E-state index contributed by atoms with van der Waals surface area (Å²) in [6, 6.07) is 2.46. The first-order valence-corrected chi connectivity index (χ1v) is 6.59. The van der Waals surface area contributed by atoms with Gasteiger partial charge in [0.2, 0.25) is 0 Å². The number of aliphatic hydroxyl groups is 1. The summed E-state index contributed by atoms with van der Waals surface area (Å²) in [5.74, 6) is 0. The zero-order valence-corrected chi connectivity index (χ0v) is 10.7. The average molecular weight is 245 g/mol. The van der Waals surface area contributed by atoms with Crippen LogP contribution in [0.25, 0.3) is 0 Å². The van der Waals surface area contributed by atoms with E-state index >= 15 is 0 Å². The summed E-state index contributed by atoms with van der Waals surface area (Å²) in [6.45, 7) is 3.12. The van der Waals surface area contributed by atoms with Gasteiger partial charge in [-0.25, -0.2) is 4.98 Å². The Kier molecular flexibility index (Phi) is 2.96. The molecule has 2 heterocycles. The molecule has 0 saturated carbocycles. The van der Waals surface area contributed by atoms with E-state index < -0.39 is 0 Å². The molecule has 0 saturated heterocycles. The minimum atomic E-state index is -0.268. The lowest BCUT2D eigenvalue weighted by molar-refractivity contribution is 0.155. The monoisotopic (exact) mass is 245 g/mol. The minimum absolute atomic E-state index is 0.268. The van der Waals surface area contributed by atoms with Crippen molar-refractivity contribution in [3.05, 3.63) is 42.2 Å². The first kappa shape index (κ1) is 11.5. The van der Waals surface area contributed by atoms with Gasteiger partial charge >= 0.3 is 0 Å². The lowest BCUT2D eigenvalue weighted by Gasteiger charge is -2.23. The van der Waals surface area contributed by atoms with Gasteiger partial charge in [-0.2, -0.15) is 0 Å². The zero-order chi connectivity index (χ0) is 12.5. The van der Waals surface area contributed by atoms with Crippen molar-refractivity contribution >= 4 is 0 Å². The molecule has 0 radical (unpaired) electrons. The molecule has 1 aliphatic carbocycles. The van der Waals surface area contributed by atoms with Crippen molar-refractivity contribution in [1.29, 1.82) is 0 Å². The molecule has 4 nitrogen and oxygen atoms in total. The van der Waals surface area contributed by atoms with Crippen LogP contribution in [0.15, 0.2) is 31.0 Å². The third-order valence-electron chi connectivity index (χ3n) is 3.82. The Morgan fingerprint density at radius 3 is 3.17 bits per heavy atom. The maximum absolute atomic E-state index is 9.98. The minimum Gasteiger partial charge on any atom is -0.388 e. The van der Waals surface area contributed by atoms with Gasteiger partial charge in [0.15, 0.2) is 0 Å². The molecule has 0 bridgehead atoms. The van der Waals surface area contributed by atoms with E-state index in [1.54, 1.807) is 0 Å². The summed E-state index contributed by atoms with van der Waals surface area (Å²) < 4.78 is 4.40. The third kappa shape index (κ3) is 1.97. The molecule has 0 aliphatic heterocycles. The SMILES string of the molecule is CC(Cn1ccnc1)n1ccc2c1CCCC2O. The quantitative estimate of drug-likeness (QED) is 0.901. The van der Waals surface area contributed by atoms with Crippen LogP contribution in [0.5, 0.6) is 0 Å². The second kappa shape index (κ2) is 4.61. The maximum atomic E-state index is 9.98. The number of fused-ring (bicyclic) bond motifs is 1. The van der Waals surface area contributed by atoms with E-state index in [0.717, 1.165) is 31.4 Å². The van der Waals surface area contributed by atoms with E-state index in [4.69, 9.17) is 0 Å². The summed E-state index contributed by atoms with van der Waals surface area (Å²) in [4.78, 5) is 4.07. The Bertz CT molecular complexity index is 515. The fraction of sp³-hybridized carbons (Fsp3) is 0.500. The van der Waals surface area contributed by atoms with Gasteiger partial charge in [0.1, 0.15) is 0 Å². The van der Waals surface area contributed by atoms with Crippen molar-refractivity contribution in [2.24, 2.45) is 0 Å². The molecule has 0 aromatic carbocycles. The van der Waals surface area contributed by atoms with Crippen molar-refractivity contribution in [2.45, 2.75) is 44.9 Å². The summed E-state index contributed by atoms with van der Waals surface area (Å²) in [6.07, 6.45) is 10.5. The number of aliphatic hydroxyl groups excluding tert-OH is 1. The second-order valence-electron chi connectivity index (χ2n) is 5.14. The molecule has 0 spiro atoms. The van der Waals surface area contributed by atoms with E-state index in [2.05, 4.69) is 33.3 Å². The first-order chi connectivity index (χ1) is 8.75. The number of hydrogen-bond donors (Lipinski definition) is 1. The number of hydrogen-bond acceptors (Lipinski definition) is 2. The van der Waals surface area contributed by atoms with E-state index in [1.165, 1.54) is 5.69 Å². The smallest absolute Gasteiger partial charge is 0.0946 e. The van der Waals surface area contributed by atoms with Gasteiger partial charge in [0, 0.05) is 42.4 Å². The molecule has 1 N–H and O–H groups in total. The molecule has 0 fully saturated rings. The largest absolute Gasteiger partial charge is 0.388 e. The molecule has 18 heavy (non-hydrogen) atoms. The Hall–Kier alpha value is -1.55. The van der Waals surface area contributed by atoms with Crippen LogP contribution in [0.3, 0.4) is 0 Å². The lowest BCUT2D eigenvalue weighted by Crippen LogP contribution is -2.17. The standard InChI is InChI=1S/C14H19N3O/c1-11(9-16-8-6-15-10-16)17-7-5-12-13(17)3-2-4-14(12)18/h5-8,10-11,14,18H,2-4,9H2,1H3. The van der Waals surface area contributed by atoms with E-state index in [0.29, 0.717) is 6.04 Å². The highest BCUT2D eigenvalue weighted by Gasteiger charge is 2.22. The number of nitrogens with zero attached hydrogens (tertiary/aromatic N) is 3. The molecule has 2 atom stereocenters. The molecule has 2 unspecified atom stereocenters. The highest BCUT2D eigenvalue weighted by Crippen LogP contribution is 2.32. The molecule has 2 aromatic heterocycles. The van der Waals surface area contributed by atoms with Crippen molar-refractivity contribution < 1.29 is 5.11 Å². The predicted molar refractivity (Wildman–Crippen MR) is 69.3 cm³/mol. The molecule has 3 rings (SSSR count). The molecular formula is C14H19N3O. The van der Waals surface area contributed by atoms with E-state index in [-0.39, 0.29) is 6.10 Å². The predicted octanol–water partition coefficient (Wildman–Crippen LogP) is 2.32. The van der Waals surface area contributed by atoms with Crippen LogP contribution >= 0.6 is 0 Å². The normalized spacial score (nSPS) is 20.7. The Morgan fingerprint density at radius 2 is 2.39 bits per heavy atom. The van der Waals surface area contributed by atoms with Gasteiger partial charge in [-0.3, -0.25) is 0 Å². The van der Waals surface area contributed by atoms with Crippen LogP contribution < -0.4 is 0 Å². The molecule has 0 amide bonds. The molecular weight excluding hydrogens is 226 g/mol. The highest BCUT2D eigenvalue weighted by molar-refractivity contribution is 5.27. The van der Waals surface area contributed by atoms with Gasteiger partial charge in [-0.15, -0.1) is 0 Å². The number of rotatable bonds is 3. The van der Waals surface area contributed by atoms with Gasteiger partial charge in [0.05, 0.1) is 12.4 Å². The van der Waals surface area contributed by atoms with Crippen molar-refractivity contribution in [3.63, 3.8) is 0 Å². The average Bonchev–Trinajstić information content (AvgIpc) is 2.98. The number of imidazole rings is 1. The Morgan fingerprint density at radius 1 is 1.50 bits per heavy atom. The van der Waals surface area contributed by atoms with E-state index in [1.807, 2.05) is 18.7 Å². The summed E-state index contributed by atoms with van der Waals surface area (Å²) in [5, 5.41) is 9.98. The van der Waals surface area contributed by atoms with Gasteiger partial charge in [-0.05, 0) is 32.3 Å². The van der Waals surface area contributed by atoms with Gasteiger partial charge < -0.3 is 14.2 Å². The second-order valence-corrected chi connectivity index (χ2v) is 5.14. The van der Waals surface area contributed by atoms with Crippen LogP contribution in [0, 0.1) is 0 Å². The summed E-state index contributed by atoms with van der Waals surface area (Å²) in [5.41, 5.74) is 2.43. The summed E-state index contributed by atoms with van der Waals surface area (Å²) in [7, 11) is 0. The van der Waals surface area contributed by atoms with Crippen LogP contribution in [0.2, 0.25) is 0 Å². The van der Waals surface area contributed by atoms with Crippen LogP contribution in [0.4, 0.5) is 0 Å². The molecule has 4 heteroatoms. The van der Waals surface area contributed by atoms with Gasteiger partial charge in [0.25, 0.3) is 0 Å². The van der Waals surface area contributed by atoms with Crippen molar-refractivity contribution in [3.8, 4) is 0 Å². The van der Waals surface area contributed by atoms with Gasteiger partial charge in [-0.1, -0.05) is 0 Å². The number of aromatic nitrogens is 3. The van der Waals surface area contributed by atoms with Crippen LogP contribution in [0.1, 0.15) is 43.2 Å². The van der Waals surface area contributed by atoms with Crippen LogP contribution in [-0.2, 0) is 13.0 Å². The highest BCUT2D eigenvalue weighted by atomic mass is 16.3. The fourth-order valence-corrected chi connectivity index (χ4v) is 2.89. The topological polar surface area (TPSA) is 43.0 Å². The van der Waals surface area contributed by atoms with E-state index in [9.17, 15) is 5.11 Å². The fourth-order valence-electron chi connectivity index (χ4n) is 2.89. The Labute approximate surface area is 107 Å². The molecule has 96 valence electrons. The van der Waals surface area contributed by atoms with Crippen molar-refractivity contribution in [1.82, 2.24) is 14.1 Å². The van der Waals surface area contributed by atoms with Crippen molar-refractivity contribution in [2.75, 3.05) is 0 Å². The zero-order valence-electron chi connectivity index (χ0n) is 10.7. The maximum Gasteiger partial charge on any atom is 0.0946 e. The first-order valence-electron chi connectivity index (χ1n) is 6.59. The van der Waals surface area contributed by atoms with Crippen LogP contribution in [-0.4, -0.2) is 19.2 Å². The molecule has 2 aromatic rings. The molecule has 1 aliphatic rings.